The van der Waals surface area contributed by atoms with Gasteiger partial charge in [0.05, 0.1) is 18.6 Å². The molecule has 1 N–H and O–H groups in total. The average Bonchev–Trinajstić information content (AvgIpc) is 3.09. The van der Waals surface area contributed by atoms with Crippen molar-refractivity contribution in [3.05, 3.63) is 23.7 Å². The first-order valence-electron chi connectivity index (χ1n) is 5.93. The van der Waals surface area contributed by atoms with Crippen molar-refractivity contribution >= 4 is 28.3 Å². The fraction of sp³-hybridized carbons (Fsp3) is 0.417. The van der Waals surface area contributed by atoms with Gasteiger partial charge >= 0.3 is 5.97 Å². The molecule has 1 aromatic rings. The molecule has 1 amide bonds. The summed E-state index contributed by atoms with van der Waals surface area (Å²) in [6, 6.07) is 0. The maximum absolute atomic E-state index is 12.5. The van der Waals surface area contributed by atoms with E-state index in [0.717, 1.165) is 0 Å². The summed E-state index contributed by atoms with van der Waals surface area (Å²) in [5.41, 5.74) is -0.781. The van der Waals surface area contributed by atoms with E-state index in [1.165, 1.54) is 16.2 Å². The van der Waals surface area contributed by atoms with E-state index in [1.807, 2.05) is 6.08 Å². The highest BCUT2D eigenvalue weighted by Gasteiger charge is 2.67. The Labute approximate surface area is 112 Å². The molecular formula is C12H10N2O4S. The number of ether oxygens (including phenoxy) is 1. The third kappa shape index (κ3) is 1.26. The molecule has 2 saturated heterocycles. The Morgan fingerprint density at radius 1 is 1.63 bits per heavy atom. The Hall–Kier alpha value is -1.73. The molecule has 1 aromatic heterocycles. The van der Waals surface area contributed by atoms with Crippen LogP contribution in [-0.2, 0) is 14.3 Å². The monoisotopic (exact) mass is 278 g/mol. The van der Waals surface area contributed by atoms with E-state index < -0.39 is 29.5 Å². The number of carbonyl (C=O) groups excluding carboxylic acids is 1. The molecule has 2 bridgehead atoms. The lowest BCUT2D eigenvalue weighted by atomic mass is 9.77. The van der Waals surface area contributed by atoms with Crippen molar-refractivity contribution in [1.29, 1.82) is 0 Å². The summed E-state index contributed by atoms with van der Waals surface area (Å²) in [4.78, 5) is 29.5. The van der Waals surface area contributed by atoms with E-state index in [4.69, 9.17) is 4.74 Å². The van der Waals surface area contributed by atoms with Crippen LogP contribution in [0.25, 0.3) is 0 Å². The van der Waals surface area contributed by atoms with E-state index in [9.17, 15) is 14.7 Å². The van der Waals surface area contributed by atoms with Gasteiger partial charge in [0.1, 0.15) is 11.5 Å². The van der Waals surface area contributed by atoms with E-state index in [-0.39, 0.29) is 5.91 Å². The second-order valence-corrected chi connectivity index (χ2v) is 5.85. The lowest BCUT2D eigenvalue weighted by Gasteiger charge is -2.21. The zero-order valence-corrected chi connectivity index (χ0v) is 10.5. The fourth-order valence-corrected chi connectivity index (χ4v) is 3.94. The van der Waals surface area contributed by atoms with Gasteiger partial charge in [0.25, 0.3) is 0 Å². The quantitative estimate of drug-likeness (QED) is 0.797. The number of carbonyl (C=O) groups is 2. The highest BCUT2D eigenvalue weighted by atomic mass is 32.1. The van der Waals surface area contributed by atoms with Crippen molar-refractivity contribution in [2.75, 3.05) is 11.4 Å². The van der Waals surface area contributed by atoms with Crippen LogP contribution in [0.15, 0.2) is 23.7 Å². The Morgan fingerprint density at radius 3 is 3.16 bits per heavy atom. The number of anilines is 1. The zero-order chi connectivity index (χ0) is 13.2. The van der Waals surface area contributed by atoms with Crippen molar-refractivity contribution < 1.29 is 19.4 Å². The summed E-state index contributed by atoms with van der Waals surface area (Å²) in [5.74, 6) is -2.60. The Bertz CT molecular complexity index is 599. The predicted octanol–water partition coefficient (Wildman–Crippen LogP) is 0.514. The van der Waals surface area contributed by atoms with Gasteiger partial charge in [0, 0.05) is 11.6 Å². The summed E-state index contributed by atoms with van der Waals surface area (Å²) in [6.07, 6.45) is 4.74. The molecule has 3 aliphatic rings. The van der Waals surface area contributed by atoms with E-state index in [0.29, 0.717) is 11.7 Å². The SMILES string of the molecule is O=C(O)[C@H]1[C@@H]2C=C[C@]3(CN(c4nccs4)C(=O)[C@H]13)O2. The first kappa shape index (κ1) is 11.1. The normalized spacial score (nSPS) is 39.1. The minimum absolute atomic E-state index is 0.200. The number of amides is 1. The van der Waals surface area contributed by atoms with E-state index in [2.05, 4.69) is 4.98 Å². The summed E-state index contributed by atoms with van der Waals surface area (Å²) in [7, 11) is 0. The standard InChI is InChI=1S/C12H10N2O4S/c15-9-8-7(10(16)17)6-1-2-12(8,18-6)5-14(9)11-13-3-4-19-11/h1-4,6-8H,5H2,(H,16,17)/t6-,7-,8-,12+/m0/s1. The van der Waals surface area contributed by atoms with Gasteiger partial charge < -0.3 is 9.84 Å². The molecule has 0 unspecified atom stereocenters. The topological polar surface area (TPSA) is 79.7 Å². The third-order valence-electron chi connectivity index (χ3n) is 4.04. The number of hydrogen-bond donors (Lipinski definition) is 1. The van der Waals surface area contributed by atoms with Gasteiger partial charge in [-0.3, -0.25) is 14.5 Å². The third-order valence-corrected chi connectivity index (χ3v) is 4.83. The first-order valence-corrected chi connectivity index (χ1v) is 6.81. The highest BCUT2D eigenvalue weighted by molar-refractivity contribution is 7.13. The molecule has 0 aromatic carbocycles. The molecule has 2 fully saturated rings. The van der Waals surface area contributed by atoms with Crippen LogP contribution in [-0.4, -0.2) is 40.2 Å². The average molecular weight is 278 g/mol. The molecule has 4 heterocycles. The highest BCUT2D eigenvalue weighted by Crippen LogP contribution is 2.52. The molecule has 4 atom stereocenters. The number of fused-ring (bicyclic) bond motifs is 1. The fourth-order valence-electron chi connectivity index (χ4n) is 3.29. The molecule has 0 radical (unpaired) electrons. The predicted molar refractivity (Wildman–Crippen MR) is 65.8 cm³/mol. The molecule has 1 spiro atoms. The minimum atomic E-state index is -0.976. The number of thiazole rings is 1. The molecule has 98 valence electrons. The largest absolute Gasteiger partial charge is 0.481 e. The lowest BCUT2D eigenvalue weighted by Crippen LogP contribution is -2.39. The Morgan fingerprint density at radius 2 is 2.47 bits per heavy atom. The summed E-state index contributed by atoms with van der Waals surface area (Å²) < 4.78 is 5.78. The number of carboxylic acids is 1. The second-order valence-electron chi connectivity index (χ2n) is 4.98. The van der Waals surface area contributed by atoms with Gasteiger partial charge in [-0.25, -0.2) is 4.98 Å². The first-order chi connectivity index (χ1) is 9.12. The number of rotatable bonds is 2. The minimum Gasteiger partial charge on any atom is -0.481 e. The van der Waals surface area contributed by atoms with Crippen molar-refractivity contribution in [3.8, 4) is 0 Å². The molecule has 6 nitrogen and oxygen atoms in total. The number of aromatic nitrogens is 1. The molecule has 0 saturated carbocycles. The lowest BCUT2D eigenvalue weighted by molar-refractivity contribution is -0.146. The molecule has 19 heavy (non-hydrogen) atoms. The summed E-state index contributed by atoms with van der Waals surface area (Å²) in [5, 5.41) is 11.7. The number of nitrogens with zero attached hydrogens (tertiary/aromatic N) is 2. The van der Waals surface area contributed by atoms with E-state index >= 15 is 0 Å². The molecule has 7 heteroatoms. The number of hydrogen-bond acceptors (Lipinski definition) is 5. The zero-order valence-electron chi connectivity index (χ0n) is 9.72. The van der Waals surface area contributed by atoms with Crippen LogP contribution in [0.4, 0.5) is 5.13 Å². The van der Waals surface area contributed by atoms with Gasteiger partial charge in [-0.15, -0.1) is 11.3 Å². The van der Waals surface area contributed by atoms with Gasteiger partial charge in [-0.2, -0.15) is 0 Å². The van der Waals surface area contributed by atoms with Gasteiger partial charge in [-0.1, -0.05) is 12.2 Å². The van der Waals surface area contributed by atoms with Gasteiger partial charge in [0.2, 0.25) is 5.91 Å². The van der Waals surface area contributed by atoms with Crippen LogP contribution >= 0.6 is 11.3 Å². The van der Waals surface area contributed by atoms with Crippen LogP contribution in [0.2, 0.25) is 0 Å². The maximum Gasteiger partial charge on any atom is 0.310 e. The van der Waals surface area contributed by atoms with Crippen molar-refractivity contribution in [1.82, 2.24) is 4.98 Å². The maximum atomic E-state index is 12.5. The molecule has 0 aliphatic carbocycles. The van der Waals surface area contributed by atoms with Crippen LogP contribution < -0.4 is 4.90 Å². The van der Waals surface area contributed by atoms with Crippen LogP contribution in [0.5, 0.6) is 0 Å². The molecule has 3 aliphatic heterocycles. The Balaban J connectivity index is 1.77. The smallest absolute Gasteiger partial charge is 0.310 e. The molecule has 4 rings (SSSR count). The van der Waals surface area contributed by atoms with E-state index in [1.54, 1.807) is 17.7 Å². The van der Waals surface area contributed by atoms with Crippen molar-refractivity contribution in [3.63, 3.8) is 0 Å². The van der Waals surface area contributed by atoms with Crippen LogP contribution in [0.1, 0.15) is 0 Å². The van der Waals surface area contributed by atoms with Crippen molar-refractivity contribution in [2.24, 2.45) is 11.8 Å². The Kier molecular flexibility index (Phi) is 2.01. The summed E-state index contributed by atoms with van der Waals surface area (Å²) in [6.45, 7) is 0.348. The number of aliphatic carboxylic acids is 1. The molecular weight excluding hydrogens is 268 g/mol. The van der Waals surface area contributed by atoms with Crippen LogP contribution in [0, 0.1) is 11.8 Å². The summed E-state index contributed by atoms with van der Waals surface area (Å²) >= 11 is 1.36. The van der Waals surface area contributed by atoms with Crippen LogP contribution in [0.3, 0.4) is 0 Å². The second kappa shape index (κ2) is 3.43. The number of carboxylic acid groups (broad SMARTS) is 1. The van der Waals surface area contributed by atoms with Crippen molar-refractivity contribution in [2.45, 2.75) is 11.7 Å². The van der Waals surface area contributed by atoms with Gasteiger partial charge in [0.15, 0.2) is 5.13 Å². The van der Waals surface area contributed by atoms with Gasteiger partial charge in [-0.05, 0) is 0 Å².